The number of nitrogens with one attached hydrogen (secondary N) is 1. The van der Waals surface area contributed by atoms with Gasteiger partial charge in [-0.1, -0.05) is 12.1 Å². The number of nitrogens with zero attached hydrogens (tertiary/aromatic N) is 1. The average Bonchev–Trinajstić information content (AvgIpc) is 2.58. The topological polar surface area (TPSA) is 102 Å². The Bertz CT molecular complexity index is 804. The molecule has 0 fully saturated rings. The van der Waals surface area contributed by atoms with Crippen LogP contribution in [0.15, 0.2) is 42.5 Å². The number of rotatable bonds is 7. The van der Waals surface area contributed by atoms with Crippen LogP contribution in [-0.2, 0) is 0 Å². The Morgan fingerprint density at radius 2 is 2.00 bits per heavy atom. The van der Waals surface area contributed by atoms with Crippen LogP contribution in [0.1, 0.15) is 41.4 Å². The molecule has 0 saturated carbocycles. The fourth-order valence-electron chi connectivity index (χ4n) is 2.48. The first-order valence-electron chi connectivity index (χ1n) is 8.26. The highest BCUT2D eigenvalue weighted by molar-refractivity contribution is 5.94. The van der Waals surface area contributed by atoms with E-state index >= 15 is 0 Å². The summed E-state index contributed by atoms with van der Waals surface area (Å²) in [6.45, 7) is 5.41. The molecule has 7 heteroatoms. The minimum Gasteiger partial charge on any atom is -0.491 e. The van der Waals surface area contributed by atoms with Gasteiger partial charge in [0.05, 0.1) is 17.1 Å². The van der Waals surface area contributed by atoms with Crippen molar-refractivity contribution in [2.45, 2.75) is 33.0 Å². The van der Waals surface area contributed by atoms with Gasteiger partial charge in [0.25, 0.3) is 11.6 Å². The maximum atomic E-state index is 12.2. The number of carbonyl (C=O) groups excluding carboxylic acids is 1. The van der Waals surface area contributed by atoms with Crippen molar-refractivity contribution in [3.63, 3.8) is 0 Å². The van der Waals surface area contributed by atoms with E-state index in [0.29, 0.717) is 22.4 Å². The van der Waals surface area contributed by atoms with Gasteiger partial charge in [-0.05, 0) is 50.6 Å². The SMILES string of the molecule is Cc1cc(C(=O)NCC(O)c2cccc(OC(C)C)c2)ccc1[N+](=O)[O-]. The molecule has 0 bridgehead atoms. The van der Waals surface area contributed by atoms with E-state index in [1.165, 1.54) is 18.2 Å². The molecule has 2 aromatic rings. The second kappa shape index (κ2) is 8.44. The van der Waals surface area contributed by atoms with Crippen molar-refractivity contribution in [3.05, 3.63) is 69.3 Å². The summed E-state index contributed by atoms with van der Waals surface area (Å²) in [5.74, 6) is 0.241. The summed E-state index contributed by atoms with van der Waals surface area (Å²) in [5, 5.41) is 23.8. The molecule has 0 spiro atoms. The highest BCUT2D eigenvalue weighted by atomic mass is 16.6. The molecular weight excluding hydrogens is 336 g/mol. The molecule has 0 aliphatic heterocycles. The number of aryl methyl sites for hydroxylation is 1. The first-order valence-corrected chi connectivity index (χ1v) is 8.26. The zero-order chi connectivity index (χ0) is 19.3. The quantitative estimate of drug-likeness (QED) is 0.585. The van der Waals surface area contributed by atoms with Crippen LogP contribution >= 0.6 is 0 Å². The molecule has 7 nitrogen and oxygen atoms in total. The highest BCUT2D eigenvalue weighted by Crippen LogP contribution is 2.21. The standard InChI is InChI=1S/C19H22N2O5/c1-12(2)26-16-6-4-5-14(10-16)18(22)11-20-19(23)15-7-8-17(21(24)25)13(3)9-15/h4-10,12,18,22H,11H2,1-3H3,(H,20,23). The van der Waals surface area contributed by atoms with Gasteiger partial charge in [-0.25, -0.2) is 0 Å². The number of carbonyl (C=O) groups is 1. The van der Waals surface area contributed by atoms with Gasteiger partial charge in [0.1, 0.15) is 5.75 Å². The van der Waals surface area contributed by atoms with E-state index < -0.39 is 16.9 Å². The summed E-state index contributed by atoms with van der Waals surface area (Å²) in [6.07, 6.45) is -0.874. The predicted molar refractivity (Wildman–Crippen MR) is 97.3 cm³/mol. The van der Waals surface area contributed by atoms with E-state index in [9.17, 15) is 20.0 Å². The predicted octanol–water partition coefficient (Wildman–Crippen LogP) is 3.15. The number of hydrogen-bond acceptors (Lipinski definition) is 5. The fraction of sp³-hybridized carbons (Fsp3) is 0.316. The second-order valence-electron chi connectivity index (χ2n) is 6.22. The zero-order valence-corrected chi connectivity index (χ0v) is 14.9. The molecule has 2 aromatic carbocycles. The van der Waals surface area contributed by atoms with Crippen LogP contribution in [0.5, 0.6) is 5.75 Å². The van der Waals surface area contributed by atoms with Crippen LogP contribution in [-0.4, -0.2) is 28.6 Å². The van der Waals surface area contributed by atoms with Crippen molar-refractivity contribution in [2.24, 2.45) is 0 Å². The summed E-state index contributed by atoms with van der Waals surface area (Å²) < 4.78 is 5.59. The molecule has 2 rings (SSSR count). The van der Waals surface area contributed by atoms with Crippen molar-refractivity contribution in [1.29, 1.82) is 0 Å². The molecule has 0 heterocycles. The summed E-state index contributed by atoms with van der Waals surface area (Å²) >= 11 is 0. The molecule has 1 unspecified atom stereocenters. The van der Waals surface area contributed by atoms with Crippen molar-refractivity contribution < 1.29 is 19.6 Å². The second-order valence-corrected chi connectivity index (χ2v) is 6.22. The van der Waals surface area contributed by atoms with Crippen molar-refractivity contribution in [1.82, 2.24) is 5.32 Å². The number of ether oxygens (including phenoxy) is 1. The molecule has 0 aliphatic rings. The molecule has 0 aliphatic carbocycles. The number of aliphatic hydroxyl groups excluding tert-OH is 1. The molecular formula is C19H22N2O5. The third kappa shape index (κ3) is 5.03. The van der Waals surface area contributed by atoms with Crippen LogP contribution in [0.3, 0.4) is 0 Å². The van der Waals surface area contributed by atoms with Crippen molar-refractivity contribution >= 4 is 11.6 Å². The Hall–Kier alpha value is -2.93. The van der Waals surface area contributed by atoms with Gasteiger partial charge in [-0.15, -0.1) is 0 Å². The van der Waals surface area contributed by atoms with Crippen molar-refractivity contribution in [2.75, 3.05) is 6.54 Å². The van der Waals surface area contributed by atoms with Crippen LogP contribution in [0, 0.1) is 17.0 Å². The summed E-state index contributed by atoms with van der Waals surface area (Å²) in [4.78, 5) is 22.5. The Balaban J connectivity index is 2.00. The molecule has 138 valence electrons. The van der Waals surface area contributed by atoms with Gasteiger partial charge in [-0.3, -0.25) is 14.9 Å². The third-order valence-electron chi connectivity index (χ3n) is 3.73. The number of nitro groups is 1. The van der Waals surface area contributed by atoms with Crippen LogP contribution in [0.2, 0.25) is 0 Å². The first kappa shape index (κ1) is 19.4. The fourth-order valence-corrected chi connectivity index (χ4v) is 2.48. The van der Waals surface area contributed by atoms with E-state index in [2.05, 4.69) is 5.32 Å². The van der Waals surface area contributed by atoms with Crippen LogP contribution in [0.4, 0.5) is 5.69 Å². The van der Waals surface area contributed by atoms with E-state index in [1.807, 2.05) is 13.8 Å². The van der Waals surface area contributed by atoms with E-state index in [0.717, 1.165) is 0 Å². The lowest BCUT2D eigenvalue weighted by molar-refractivity contribution is -0.385. The maximum absolute atomic E-state index is 12.2. The zero-order valence-electron chi connectivity index (χ0n) is 14.9. The smallest absolute Gasteiger partial charge is 0.272 e. The molecule has 1 amide bonds. The van der Waals surface area contributed by atoms with Gasteiger partial charge in [0.2, 0.25) is 0 Å². The average molecular weight is 358 g/mol. The molecule has 0 saturated heterocycles. The Labute approximate surface area is 151 Å². The largest absolute Gasteiger partial charge is 0.491 e. The monoisotopic (exact) mass is 358 g/mol. The first-order chi connectivity index (χ1) is 12.3. The lowest BCUT2D eigenvalue weighted by Crippen LogP contribution is -2.28. The lowest BCUT2D eigenvalue weighted by atomic mass is 10.1. The Morgan fingerprint density at radius 1 is 1.27 bits per heavy atom. The summed E-state index contributed by atoms with van der Waals surface area (Å²) in [6, 6.07) is 11.2. The lowest BCUT2D eigenvalue weighted by Gasteiger charge is -2.15. The number of hydrogen-bond donors (Lipinski definition) is 2. The van der Waals surface area contributed by atoms with Gasteiger partial charge < -0.3 is 15.2 Å². The maximum Gasteiger partial charge on any atom is 0.272 e. The molecule has 0 aromatic heterocycles. The molecule has 26 heavy (non-hydrogen) atoms. The van der Waals surface area contributed by atoms with Gasteiger partial charge in [0.15, 0.2) is 0 Å². The van der Waals surface area contributed by atoms with E-state index in [1.54, 1.807) is 31.2 Å². The molecule has 0 radical (unpaired) electrons. The third-order valence-corrected chi connectivity index (χ3v) is 3.73. The van der Waals surface area contributed by atoms with Gasteiger partial charge in [0, 0.05) is 23.7 Å². The highest BCUT2D eigenvalue weighted by Gasteiger charge is 2.15. The van der Waals surface area contributed by atoms with Gasteiger partial charge >= 0.3 is 0 Å². The summed E-state index contributed by atoms with van der Waals surface area (Å²) in [7, 11) is 0. The number of benzene rings is 2. The van der Waals surface area contributed by atoms with Crippen LogP contribution < -0.4 is 10.1 Å². The van der Waals surface area contributed by atoms with Gasteiger partial charge in [-0.2, -0.15) is 0 Å². The van der Waals surface area contributed by atoms with Crippen LogP contribution in [0.25, 0.3) is 0 Å². The molecule has 1 atom stereocenters. The van der Waals surface area contributed by atoms with E-state index in [4.69, 9.17) is 4.74 Å². The summed E-state index contributed by atoms with van der Waals surface area (Å²) in [5.41, 5.74) is 1.30. The number of nitro benzene ring substituents is 1. The van der Waals surface area contributed by atoms with Crippen molar-refractivity contribution in [3.8, 4) is 5.75 Å². The number of aliphatic hydroxyl groups is 1. The normalized spacial score (nSPS) is 11.9. The minimum atomic E-state index is -0.895. The Kier molecular flexibility index (Phi) is 6.30. The van der Waals surface area contributed by atoms with E-state index in [-0.39, 0.29) is 18.3 Å². The number of amides is 1. The Morgan fingerprint density at radius 3 is 2.62 bits per heavy atom. The molecule has 2 N–H and O–H groups in total. The minimum absolute atomic E-state index is 0.0139.